The number of para-hydroxylation sites is 2. The molecule has 0 radical (unpaired) electrons. The summed E-state index contributed by atoms with van der Waals surface area (Å²) in [6.07, 6.45) is 4.74. The molecule has 8 nitrogen and oxygen atoms in total. The van der Waals surface area contributed by atoms with E-state index >= 15 is 0 Å². The number of piperidine rings is 1. The van der Waals surface area contributed by atoms with Gasteiger partial charge < -0.3 is 20.4 Å². The monoisotopic (exact) mass is 419 g/mol. The van der Waals surface area contributed by atoms with E-state index in [2.05, 4.69) is 15.6 Å². The number of likely N-dealkylation sites (tertiary alicyclic amines) is 2. The Morgan fingerprint density at radius 3 is 2.52 bits per heavy atom. The van der Waals surface area contributed by atoms with Gasteiger partial charge in [-0.1, -0.05) is 12.1 Å². The Morgan fingerprint density at radius 2 is 1.77 bits per heavy atom. The summed E-state index contributed by atoms with van der Waals surface area (Å²) in [4.78, 5) is 45.9. The van der Waals surface area contributed by atoms with Crippen LogP contribution in [-0.4, -0.2) is 57.7 Å². The highest BCUT2D eigenvalue weighted by Gasteiger charge is 2.46. The summed E-state index contributed by atoms with van der Waals surface area (Å²) < 4.78 is 0. The lowest BCUT2D eigenvalue weighted by Gasteiger charge is -2.44. The Labute approximate surface area is 180 Å². The summed E-state index contributed by atoms with van der Waals surface area (Å²) in [6, 6.07) is 11.4. The molecule has 2 aromatic rings. The molecule has 8 heteroatoms. The van der Waals surface area contributed by atoms with Gasteiger partial charge in [0, 0.05) is 45.0 Å². The Balaban J connectivity index is 1.21. The van der Waals surface area contributed by atoms with Gasteiger partial charge in [-0.3, -0.25) is 19.4 Å². The maximum Gasteiger partial charge on any atom is 0.250 e. The lowest BCUT2D eigenvalue weighted by Crippen LogP contribution is -2.59. The van der Waals surface area contributed by atoms with Gasteiger partial charge in [-0.25, -0.2) is 0 Å². The van der Waals surface area contributed by atoms with E-state index in [0.29, 0.717) is 39.0 Å². The van der Waals surface area contributed by atoms with Crippen molar-refractivity contribution >= 4 is 29.1 Å². The minimum Gasteiger partial charge on any atom is -0.369 e. The van der Waals surface area contributed by atoms with Crippen molar-refractivity contribution in [2.45, 2.75) is 31.3 Å². The molecule has 3 aliphatic heterocycles. The number of carbonyl (C=O) groups excluding carboxylic acids is 3. The van der Waals surface area contributed by atoms with Gasteiger partial charge in [0.15, 0.2) is 0 Å². The Kier molecular flexibility index (Phi) is 4.84. The van der Waals surface area contributed by atoms with Gasteiger partial charge >= 0.3 is 0 Å². The fourth-order valence-corrected chi connectivity index (χ4v) is 4.78. The number of carbonyl (C=O) groups is 3. The summed E-state index contributed by atoms with van der Waals surface area (Å²) in [5, 5.41) is 6.41. The molecule has 0 aliphatic carbocycles. The number of aromatic nitrogens is 1. The van der Waals surface area contributed by atoms with Crippen LogP contribution in [-0.2, 0) is 20.9 Å². The van der Waals surface area contributed by atoms with Gasteiger partial charge in [0.1, 0.15) is 5.54 Å². The van der Waals surface area contributed by atoms with Crippen molar-refractivity contribution in [3.8, 4) is 0 Å². The fraction of sp³-hybridized carbons (Fsp3) is 0.391. The van der Waals surface area contributed by atoms with E-state index in [0.717, 1.165) is 16.9 Å². The highest BCUT2D eigenvalue weighted by molar-refractivity contribution is 6.06. The number of amides is 3. The van der Waals surface area contributed by atoms with E-state index in [1.165, 1.54) is 0 Å². The van der Waals surface area contributed by atoms with Crippen LogP contribution in [0.25, 0.3) is 0 Å². The molecule has 2 N–H and O–H groups in total. The normalized spacial score (nSPS) is 22.1. The number of nitrogens with zero attached hydrogens (tertiary/aromatic N) is 3. The quantitative estimate of drug-likeness (QED) is 0.792. The van der Waals surface area contributed by atoms with Gasteiger partial charge in [0.25, 0.3) is 0 Å². The van der Waals surface area contributed by atoms with E-state index in [1.807, 2.05) is 41.3 Å². The van der Waals surface area contributed by atoms with E-state index in [1.54, 1.807) is 17.3 Å². The van der Waals surface area contributed by atoms with Crippen LogP contribution in [0.4, 0.5) is 11.4 Å². The molecule has 2 fully saturated rings. The summed E-state index contributed by atoms with van der Waals surface area (Å²) in [5.41, 5.74) is 2.01. The van der Waals surface area contributed by atoms with Crippen LogP contribution in [0.2, 0.25) is 0 Å². The Bertz CT molecular complexity index is 1020. The molecule has 3 aliphatic rings. The van der Waals surface area contributed by atoms with Crippen molar-refractivity contribution < 1.29 is 14.4 Å². The highest BCUT2D eigenvalue weighted by Crippen LogP contribution is 2.36. The molecule has 0 saturated carbocycles. The van der Waals surface area contributed by atoms with Crippen LogP contribution >= 0.6 is 0 Å². The first-order chi connectivity index (χ1) is 15.0. The van der Waals surface area contributed by atoms with E-state index in [9.17, 15) is 14.4 Å². The standard InChI is InChI=1S/C23H25N5O3/c29-20-13-17(15-28(20)14-16-5-9-24-10-6-16)21(30)27-11-7-23(8-12-27)22(31)25-18-3-1-2-4-19(18)26-23/h1-6,9-10,17,26H,7-8,11-15H2,(H,25,31). The molecule has 1 aromatic heterocycles. The summed E-state index contributed by atoms with van der Waals surface area (Å²) in [6.45, 7) is 1.93. The fourth-order valence-electron chi connectivity index (χ4n) is 4.78. The molecule has 1 atom stereocenters. The van der Waals surface area contributed by atoms with Gasteiger partial charge in [0.2, 0.25) is 17.7 Å². The van der Waals surface area contributed by atoms with Crippen LogP contribution in [0.15, 0.2) is 48.8 Å². The molecule has 1 spiro atoms. The van der Waals surface area contributed by atoms with E-state index in [4.69, 9.17) is 0 Å². The number of rotatable bonds is 3. The molecule has 2 saturated heterocycles. The van der Waals surface area contributed by atoms with Crippen molar-refractivity contribution in [2.75, 3.05) is 30.3 Å². The molecular weight excluding hydrogens is 394 g/mol. The number of nitrogens with one attached hydrogen (secondary N) is 2. The second kappa shape index (κ2) is 7.68. The third-order valence-corrected chi connectivity index (χ3v) is 6.60. The molecule has 5 rings (SSSR count). The van der Waals surface area contributed by atoms with Crippen molar-refractivity contribution in [3.05, 3.63) is 54.4 Å². The lowest BCUT2D eigenvalue weighted by molar-refractivity contribution is -0.138. The largest absolute Gasteiger partial charge is 0.369 e. The topological polar surface area (TPSA) is 94.6 Å². The molecule has 1 unspecified atom stereocenters. The van der Waals surface area contributed by atoms with Crippen LogP contribution < -0.4 is 10.6 Å². The molecule has 160 valence electrons. The molecular formula is C23H25N5O3. The third kappa shape index (κ3) is 3.62. The van der Waals surface area contributed by atoms with Crippen LogP contribution in [0.3, 0.4) is 0 Å². The third-order valence-electron chi connectivity index (χ3n) is 6.60. The van der Waals surface area contributed by atoms with Gasteiger partial charge in [0.05, 0.1) is 17.3 Å². The van der Waals surface area contributed by atoms with Gasteiger partial charge in [-0.15, -0.1) is 0 Å². The van der Waals surface area contributed by atoms with Crippen molar-refractivity contribution in [2.24, 2.45) is 5.92 Å². The number of hydrogen-bond donors (Lipinski definition) is 2. The maximum absolute atomic E-state index is 13.1. The zero-order chi connectivity index (χ0) is 21.4. The number of pyridine rings is 1. The molecule has 31 heavy (non-hydrogen) atoms. The minimum absolute atomic E-state index is 0.00794. The Hall–Kier alpha value is -3.42. The van der Waals surface area contributed by atoms with Crippen LogP contribution in [0.1, 0.15) is 24.8 Å². The SMILES string of the molecule is O=C1CC(C(=O)N2CCC3(CC2)Nc2ccccc2NC3=O)CN1Cc1ccncc1. The Morgan fingerprint density at radius 1 is 1.06 bits per heavy atom. The molecule has 0 bridgehead atoms. The van der Waals surface area contributed by atoms with Crippen molar-refractivity contribution in [1.82, 2.24) is 14.8 Å². The zero-order valence-electron chi connectivity index (χ0n) is 17.2. The second-order valence-electron chi connectivity index (χ2n) is 8.56. The average Bonchev–Trinajstić information content (AvgIpc) is 3.15. The number of fused-ring (bicyclic) bond motifs is 1. The highest BCUT2D eigenvalue weighted by atomic mass is 16.2. The minimum atomic E-state index is -0.690. The number of hydrogen-bond acceptors (Lipinski definition) is 5. The average molecular weight is 419 g/mol. The summed E-state index contributed by atoms with van der Waals surface area (Å²) in [5.74, 6) is -0.347. The zero-order valence-corrected chi connectivity index (χ0v) is 17.2. The second-order valence-corrected chi connectivity index (χ2v) is 8.56. The number of benzene rings is 1. The van der Waals surface area contributed by atoms with Crippen molar-refractivity contribution in [3.63, 3.8) is 0 Å². The smallest absolute Gasteiger partial charge is 0.250 e. The van der Waals surface area contributed by atoms with E-state index in [-0.39, 0.29) is 30.1 Å². The van der Waals surface area contributed by atoms with Crippen LogP contribution in [0, 0.1) is 5.92 Å². The van der Waals surface area contributed by atoms with E-state index < -0.39 is 5.54 Å². The molecule has 3 amide bonds. The first kappa shape index (κ1) is 19.5. The molecule has 1 aromatic carbocycles. The van der Waals surface area contributed by atoms with Crippen molar-refractivity contribution in [1.29, 1.82) is 0 Å². The predicted molar refractivity (Wildman–Crippen MR) is 115 cm³/mol. The first-order valence-electron chi connectivity index (χ1n) is 10.7. The predicted octanol–water partition coefficient (Wildman–Crippen LogP) is 1.86. The number of anilines is 2. The maximum atomic E-state index is 13.1. The summed E-state index contributed by atoms with van der Waals surface area (Å²) >= 11 is 0. The van der Waals surface area contributed by atoms with Gasteiger partial charge in [-0.05, 0) is 42.7 Å². The first-order valence-corrected chi connectivity index (χ1v) is 10.7. The molecule has 4 heterocycles. The summed E-state index contributed by atoms with van der Waals surface area (Å²) in [7, 11) is 0. The van der Waals surface area contributed by atoms with Gasteiger partial charge in [-0.2, -0.15) is 0 Å². The van der Waals surface area contributed by atoms with Crippen LogP contribution in [0.5, 0.6) is 0 Å². The lowest BCUT2D eigenvalue weighted by atomic mass is 9.84.